The van der Waals surface area contributed by atoms with E-state index in [9.17, 15) is 0 Å². The van der Waals surface area contributed by atoms with Crippen molar-refractivity contribution in [2.45, 2.75) is 46.8 Å². The molecule has 2 aromatic rings. The Balaban J connectivity index is 0.00000160. The molecular formula is C34H34Cl2Zr. The minimum Gasteiger partial charge on any atom is -1.00 e. The average molecular weight is 605 g/mol. The molecule has 0 saturated carbocycles. The van der Waals surface area contributed by atoms with Gasteiger partial charge in [0, 0.05) is 0 Å². The molecule has 0 heterocycles. The van der Waals surface area contributed by atoms with Gasteiger partial charge in [-0.05, 0) is 0 Å². The summed E-state index contributed by atoms with van der Waals surface area (Å²) < 4.78 is 0.235. The third-order valence-electron chi connectivity index (χ3n) is 9.28. The van der Waals surface area contributed by atoms with Gasteiger partial charge in [-0.3, -0.25) is 0 Å². The molecule has 0 aliphatic heterocycles. The van der Waals surface area contributed by atoms with Gasteiger partial charge in [-0.25, -0.2) is 0 Å². The monoisotopic (exact) mass is 602 g/mol. The zero-order valence-corrected chi connectivity index (χ0v) is 26.0. The van der Waals surface area contributed by atoms with Gasteiger partial charge in [0.2, 0.25) is 0 Å². The Morgan fingerprint density at radius 3 is 1.27 bits per heavy atom. The van der Waals surface area contributed by atoms with E-state index in [0.29, 0.717) is 0 Å². The first-order chi connectivity index (χ1) is 16.8. The fraction of sp³-hybridized carbons (Fsp3) is 0.294. The fourth-order valence-electron chi connectivity index (χ4n) is 6.49. The Labute approximate surface area is 246 Å². The molecule has 0 radical (unpaired) electrons. The second kappa shape index (κ2) is 10.1. The molecule has 0 nitrogen and oxygen atoms in total. The standard InChI is InChI=1S/2C17H17.2ClH.Zr/c2*1-17(2,15-9-5-6-10-15)16-11-13-7-3-4-8-14(13)12-16;;;/h2*3-11H,12H2,1-2H3;2*1H;/q;;;;+2/p-2. The van der Waals surface area contributed by atoms with Gasteiger partial charge in [-0.2, -0.15) is 0 Å². The van der Waals surface area contributed by atoms with Crippen molar-refractivity contribution in [3.05, 3.63) is 131 Å². The van der Waals surface area contributed by atoms with E-state index in [0.717, 1.165) is 12.8 Å². The Bertz CT molecular complexity index is 1250. The van der Waals surface area contributed by atoms with Gasteiger partial charge < -0.3 is 24.8 Å². The molecule has 6 rings (SSSR count). The van der Waals surface area contributed by atoms with Crippen LogP contribution in [0.1, 0.15) is 49.9 Å². The first-order valence-electron chi connectivity index (χ1n) is 12.9. The Hall–Kier alpha value is -1.66. The van der Waals surface area contributed by atoms with Gasteiger partial charge in [0.25, 0.3) is 0 Å². The number of allylic oxidation sites excluding steroid dienone is 10. The maximum atomic E-state index is 2.57. The molecule has 0 aromatic heterocycles. The zero-order valence-electron chi connectivity index (χ0n) is 22.1. The molecule has 4 aliphatic rings. The summed E-state index contributed by atoms with van der Waals surface area (Å²) in [6, 6.07) is 17.9. The summed E-state index contributed by atoms with van der Waals surface area (Å²) in [5.74, 6) is 0. The van der Waals surface area contributed by atoms with E-state index in [-0.39, 0.29) is 41.9 Å². The van der Waals surface area contributed by atoms with E-state index in [1.54, 1.807) is 11.1 Å². The van der Waals surface area contributed by atoms with Crippen molar-refractivity contribution in [2.24, 2.45) is 10.8 Å². The number of fused-ring (bicyclic) bond motifs is 2. The predicted octanol–water partition coefficient (Wildman–Crippen LogP) is 2.98. The summed E-state index contributed by atoms with van der Waals surface area (Å²) in [5, 5.41) is 0. The van der Waals surface area contributed by atoms with E-state index < -0.39 is 23.2 Å². The van der Waals surface area contributed by atoms with Crippen molar-refractivity contribution < 1.29 is 48.0 Å². The van der Waals surface area contributed by atoms with Gasteiger partial charge in [0.05, 0.1) is 0 Å². The van der Waals surface area contributed by atoms with Crippen LogP contribution in [0, 0.1) is 10.8 Å². The third-order valence-corrected chi connectivity index (χ3v) is 16.0. The first kappa shape index (κ1) is 28.4. The van der Waals surface area contributed by atoms with Crippen LogP contribution in [0.2, 0.25) is 6.25 Å². The number of hydrogen-bond donors (Lipinski definition) is 0. The van der Waals surface area contributed by atoms with Crippen LogP contribution in [-0.4, -0.2) is 0 Å². The molecule has 0 atom stereocenters. The van der Waals surface area contributed by atoms with Crippen LogP contribution >= 0.6 is 0 Å². The fourth-order valence-corrected chi connectivity index (χ4v) is 12.3. The summed E-state index contributed by atoms with van der Waals surface area (Å²) in [4.78, 5) is 0. The Morgan fingerprint density at radius 1 is 0.568 bits per heavy atom. The molecule has 188 valence electrons. The summed E-state index contributed by atoms with van der Waals surface area (Å²) in [7, 11) is 0. The molecule has 0 spiro atoms. The molecule has 0 N–H and O–H groups in total. The molecule has 37 heavy (non-hydrogen) atoms. The maximum Gasteiger partial charge on any atom is -1.00 e. The summed E-state index contributed by atoms with van der Waals surface area (Å²) in [6.07, 6.45) is 26.7. The number of benzene rings is 2. The van der Waals surface area contributed by atoms with Gasteiger partial charge in [-0.1, -0.05) is 0 Å². The zero-order chi connectivity index (χ0) is 24.3. The summed E-state index contributed by atoms with van der Waals surface area (Å²) >= 11 is -1.12. The topological polar surface area (TPSA) is 0 Å². The van der Waals surface area contributed by atoms with Crippen LogP contribution in [0.25, 0.3) is 12.2 Å². The van der Waals surface area contributed by atoms with Crippen molar-refractivity contribution >= 4 is 12.2 Å². The van der Waals surface area contributed by atoms with Crippen molar-refractivity contribution in [1.82, 2.24) is 0 Å². The van der Waals surface area contributed by atoms with Gasteiger partial charge in [0.15, 0.2) is 0 Å². The molecule has 0 fully saturated rings. The number of rotatable bonds is 6. The van der Waals surface area contributed by atoms with Gasteiger partial charge in [-0.15, -0.1) is 0 Å². The van der Waals surface area contributed by atoms with Gasteiger partial charge >= 0.3 is 224 Å². The molecular weight excluding hydrogens is 571 g/mol. The van der Waals surface area contributed by atoms with Crippen molar-refractivity contribution in [3.63, 3.8) is 0 Å². The number of hydrogen-bond acceptors (Lipinski definition) is 0. The molecule has 0 saturated heterocycles. The van der Waals surface area contributed by atoms with Crippen molar-refractivity contribution in [2.75, 3.05) is 0 Å². The second-order valence-electron chi connectivity index (χ2n) is 11.6. The smallest absolute Gasteiger partial charge is 1.00 e. The molecule has 2 aromatic carbocycles. The second-order valence-corrected chi connectivity index (χ2v) is 16.3. The summed E-state index contributed by atoms with van der Waals surface area (Å²) in [6.45, 7) is 10.1. The van der Waals surface area contributed by atoms with Crippen LogP contribution in [0.3, 0.4) is 0 Å². The third kappa shape index (κ3) is 4.40. The molecule has 0 amide bonds. The van der Waals surface area contributed by atoms with Crippen molar-refractivity contribution in [1.29, 1.82) is 0 Å². The van der Waals surface area contributed by atoms with Crippen LogP contribution in [-0.2, 0) is 36.1 Å². The molecule has 4 aliphatic carbocycles. The van der Waals surface area contributed by atoms with Crippen LogP contribution < -0.4 is 24.8 Å². The van der Waals surface area contributed by atoms with E-state index in [1.807, 2.05) is 0 Å². The van der Waals surface area contributed by atoms with E-state index in [1.165, 1.54) is 22.3 Å². The number of halogens is 2. The minimum atomic E-state index is -1.12. The quantitative estimate of drug-likeness (QED) is 0.476. The molecule has 3 heteroatoms. The van der Waals surface area contributed by atoms with Crippen LogP contribution in [0.15, 0.2) is 108 Å². The van der Waals surface area contributed by atoms with Gasteiger partial charge in [0.1, 0.15) is 0 Å². The first-order valence-corrected chi connectivity index (χ1v) is 15.3. The molecule has 0 unspecified atom stereocenters. The Morgan fingerprint density at radius 2 is 0.919 bits per heavy atom. The molecule has 0 bridgehead atoms. The SMILES string of the molecule is CC(C)(C1=Cc2ccccc2C1)[C]1([Zr+2][C]2(C(C)(C)C3=Cc4ccccc4C3)C=CC=C2)C=CC=C1.[Cl-].[Cl-]. The summed E-state index contributed by atoms with van der Waals surface area (Å²) in [5.41, 5.74) is 9.09. The normalized spacial score (nSPS) is 19.5. The van der Waals surface area contributed by atoms with E-state index in [4.69, 9.17) is 0 Å². The van der Waals surface area contributed by atoms with Crippen LogP contribution in [0.5, 0.6) is 0 Å². The Kier molecular flexibility index (Phi) is 7.78. The maximum absolute atomic E-state index is 2.57. The minimum absolute atomic E-state index is 0. The largest absolute Gasteiger partial charge is 1.00 e. The van der Waals surface area contributed by atoms with Crippen LogP contribution in [0.4, 0.5) is 0 Å². The van der Waals surface area contributed by atoms with E-state index in [2.05, 4.69) is 137 Å². The predicted molar refractivity (Wildman–Crippen MR) is 146 cm³/mol. The average Bonchev–Trinajstić information content (AvgIpc) is 3.65. The van der Waals surface area contributed by atoms with E-state index >= 15 is 0 Å². The van der Waals surface area contributed by atoms with Crippen molar-refractivity contribution in [3.8, 4) is 0 Å².